The first-order valence-corrected chi connectivity index (χ1v) is 7.52. The molecular weight excluding hydrogens is 274 g/mol. The molecule has 0 atom stereocenters. The second-order valence-electron chi connectivity index (χ2n) is 6.18. The molecule has 0 saturated heterocycles. The van der Waals surface area contributed by atoms with Gasteiger partial charge in [-0.1, -0.05) is 50.3 Å². The lowest BCUT2D eigenvalue weighted by Gasteiger charge is -2.28. The number of carbonyl (C=O) groups is 1. The first kappa shape index (κ1) is 16.2. The fourth-order valence-corrected chi connectivity index (χ4v) is 2.34. The summed E-state index contributed by atoms with van der Waals surface area (Å²) in [6.45, 7) is 6.24. The molecular formula is C19H23NO2. The van der Waals surface area contributed by atoms with Crippen molar-refractivity contribution in [2.75, 3.05) is 13.1 Å². The van der Waals surface area contributed by atoms with E-state index < -0.39 is 0 Å². The van der Waals surface area contributed by atoms with E-state index in [-0.39, 0.29) is 5.41 Å². The van der Waals surface area contributed by atoms with Gasteiger partial charge in [0.2, 0.25) is 0 Å². The van der Waals surface area contributed by atoms with Gasteiger partial charge in [0.05, 0.1) is 6.26 Å². The molecule has 0 radical (unpaired) electrons. The number of nitrogens with zero attached hydrogens (tertiary/aromatic N) is 1. The maximum Gasteiger partial charge on any atom is 0.126 e. The average molecular weight is 297 g/mol. The fraction of sp³-hybridized carbons (Fsp3) is 0.316. The molecule has 22 heavy (non-hydrogen) atoms. The zero-order valence-electron chi connectivity index (χ0n) is 13.2. The smallest absolute Gasteiger partial charge is 0.126 e. The molecule has 3 heteroatoms. The summed E-state index contributed by atoms with van der Waals surface area (Å²) in [6, 6.07) is 14.1. The van der Waals surface area contributed by atoms with Gasteiger partial charge in [-0.2, -0.15) is 0 Å². The maximum atomic E-state index is 11.2. The Bertz CT molecular complexity index is 585. The number of rotatable bonds is 8. The summed E-state index contributed by atoms with van der Waals surface area (Å²) in [5.41, 5.74) is 0.892. The Labute approximate surface area is 132 Å². The van der Waals surface area contributed by atoms with Crippen LogP contribution in [0.15, 0.2) is 59.2 Å². The van der Waals surface area contributed by atoms with Crippen LogP contribution < -0.4 is 0 Å². The summed E-state index contributed by atoms with van der Waals surface area (Å²) in [5, 5.41) is 0. The van der Waals surface area contributed by atoms with E-state index in [1.54, 1.807) is 6.26 Å². The lowest BCUT2D eigenvalue weighted by molar-refractivity contribution is -0.115. The molecule has 2 aromatic rings. The first-order valence-electron chi connectivity index (χ1n) is 7.52. The van der Waals surface area contributed by atoms with Crippen LogP contribution in [0.25, 0.3) is 6.08 Å². The van der Waals surface area contributed by atoms with Crippen molar-refractivity contribution >= 4 is 12.4 Å². The van der Waals surface area contributed by atoms with Gasteiger partial charge in [-0.25, -0.2) is 0 Å². The Morgan fingerprint density at radius 1 is 1.14 bits per heavy atom. The van der Waals surface area contributed by atoms with Crippen molar-refractivity contribution in [3.63, 3.8) is 0 Å². The van der Waals surface area contributed by atoms with Crippen molar-refractivity contribution < 1.29 is 9.21 Å². The summed E-state index contributed by atoms with van der Waals surface area (Å²) < 4.78 is 5.29. The summed E-state index contributed by atoms with van der Waals surface area (Å²) in [5.74, 6) is 0.842. The third kappa shape index (κ3) is 5.34. The predicted molar refractivity (Wildman–Crippen MR) is 89.3 cm³/mol. The maximum absolute atomic E-state index is 11.2. The van der Waals surface area contributed by atoms with Crippen molar-refractivity contribution in [2.45, 2.75) is 20.4 Å². The normalized spacial score (nSPS) is 12.1. The van der Waals surface area contributed by atoms with E-state index in [0.717, 1.165) is 25.1 Å². The van der Waals surface area contributed by atoms with Crippen LogP contribution in [0.3, 0.4) is 0 Å². The lowest BCUT2D eigenvalue weighted by atomic mass is 9.95. The van der Waals surface area contributed by atoms with Crippen molar-refractivity contribution in [3.8, 4) is 0 Å². The SMILES string of the molecule is CC(C)(C=O)CN(C/C=C/c1ccco1)Cc1ccccc1. The Hall–Kier alpha value is -2.13. The highest BCUT2D eigenvalue weighted by Gasteiger charge is 2.20. The second kappa shape index (κ2) is 7.76. The molecule has 1 aromatic carbocycles. The Morgan fingerprint density at radius 2 is 1.91 bits per heavy atom. The molecule has 0 fully saturated rings. The van der Waals surface area contributed by atoms with Crippen LogP contribution in [0.4, 0.5) is 0 Å². The molecule has 0 saturated carbocycles. The van der Waals surface area contributed by atoms with E-state index in [0.29, 0.717) is 6.54 Å². The van der Waals surface area contributed by atoms with E-state index in [1.165, 1.54) is 5.56 Å². The molecule has 3 nitrogen and oxygen atoms in total. The fourth-order valence-electron chi connectivity index (χ4n) is 2.34. The van der Waals surface area contributed by atoms with Gasteiger partial charge in [-0.05, 0) is 23.8 Å². The van der Waals surface area contributed by atoms with Gasteiger partial charge in [0, 0.05) is 25.0 Å². The van der Waals surface area contributed by atoms with E-state index in [9.17, 15) is 4.79 Å². The van der Waals surface area contributed by atoms with Crippen LogP contribution in [0.5, 0.6) is 0 Å². The van der Waals surface area contributed by atoms with E-state index in [2.05, 4.69) is 23.1 Å². The molecule has 0 amide bonds. The molecule has 116 valence electrons. The predicted octanol–water partition coefficient (Wildman–Crippen LogP) is 4.02. The van der Waals surface area contributed by atoms with Crippen molar-refractivity contribution in [1.29, 1.82) is 0 Å². The summed E-state index contributed by atoms with van der Waals surface area (Å²) in [7, 11) is 0. The monoisotopic (exact) mass is 297 g/mol. The molecule has 0 bridgehead atoms. The summed E-state index contributed by atoms with van der Waals surface area (Å²) in [6.07, 6.45) is 6.73. The minimum atomic E-state index is -0.354. The van der Waals surface area contributed by atoms with Gasteiger partial charge in [0.25, 0.3) is 0 Å². The Morgan fingerprint density at radius 3 is 2.55 bits per heavy atom. The van der Waals surface area contributed by atoms with Gasteiger partial charge in [-0.3, -0.25) is 4.90 Å². The highest BCUT2D eigenvalue weighted by atomic mass is 16.3. The minimum absolute atomic E-state index is 0.354. The zero-order valence-corrected chi connectivity index (χ0v) is 13.2. The molecule has 0 spiro atoms. The third-order valence-corrected chi connectivity index (χ3v) is 3.39. The highest BCUT2D eigenvalue weighted by molar-refractivity contribution is 5.58. The molecule has 0 aliphatic rings. The molecule has 0 unspecified atom stereocenters. The Kier molecular flexibility index (Phi) is 5.73. The van der Waals surface area contributed by atoms with Crippen molar-refractivity contribution in [1.82, 2.24) is 4.90 Å². The largest absolute Gasteiger partial charge is 0.465 e. The summed E-state index contributed by atoms with van der Waals surface area (Å²) in [4.78, 5) is 13.5. The van der Waals surface area contributed by atoms with Crippen LogP contribution in [-0.2, 0) is 11.3 Å². The molecule has 1 aromatic heterocycles. The second-order valence-corrected chi connectivity index (χ2v) is 6.18. The van der Waals surface area contributed by atoms with Crippen LogP contribution in [0, 0.1) is 5.41 Å². The lowest BCUT2D eigenvalue weighted by Crippen LogP contribution is -2.35. The minimum Gasteiger partial charge on any atom is -0.465 e. The van der Waals surface area contributed by atoms with Crippen molar-refractivity contribution in [3.05, 3.63) is 66.1 Å². The van der Waals surface area contributed by atoms with E-state index in [4.69, 9.17) is 4.42 Å². The van der Waals surface area contributed by atoms with Gasteiger partial charge in [0.15, 0.2) is 0 Å². The van der Waals surface area contributed by atoms with Crippen LogP contribution >= 0.6 is 0 Å². The van der Waals surface area contributed by atoms with Crippen LogP contribution in [0.2, 0.25) is 0 Å². The van der Waals surface area contributed by atoms with Gasteiger partial charge >= 0.3 is 0 Å². The molecule has 0 N–H and O–H groups in total. The standard InChI is InChI=1S/C19H23NO2/c1-19(2,16-21)15-20(14-17-8-4-3-5-9-17)12-6-10-18-11-7-13-22-18/h3-11,13,16H,12,14-15H2,1-2H3/b10-6+. The third-order valence-electron chi connectivity index (χ3n) is 3.39. The highest BCUT2D eigenvalue weighted by Crippen LogP contribution is 2.16. The molecule has 0 aliphatic carbocycles. The number of carbonyl (C=O) groups excluding carboxylic acids is 1. The molecule has 0 aliphatic heterocycles. The number of benzene rings is 1. The number of hydrogen-bond acceptors (Lipinski definition) is 3. The van der Waals surface area contributed by atoms with Crippen LogP contribution in [-0.4, -0.2) is 24.3 Å². The van der Waals surface area contributed by atoms with Gasteiger partial charge < -0.3 is 9.21 Å². The average Bonchev–Trinajstić information content (AvgIpc) is 3.01. The Balaban J connectivity index is 2.02. The van der Waals surface area contributed by atoms with E-state index in [1.807, 2.05) is 50.3 Å². The number of aldehydes is 1. The quantitative estimate of drug-likeness (QED) is 0.690. The van der Waals surface area contributed by atoms with Gasteiger partial charge in [-0.15, -0.1) is 0 Å². The topological polar surface area (TPSA) is 33.5 Å². The number of furan rings is 1. The first-order chi connectivity index (χ1) is 10.6. The summed E-state index contributed by atoms with van der Waals surface area (Å²) >= 11 is 0. The molecule has 2 rings (SSSR count). The molecule has 1 heterocycles. The van der Waals surface area contributed by atoms with Crippen molar-refractivity contribution in [2.24, 2.45) is 5.41 Å². The van der Waals surface area contributed by atoms with E-state index >= 15 is 0 Å². The zero-order chi connectivity index (χ0) is 15.8. The van der Waals surface area contributed by atoms with Gasteiger partial charge in [0.1, 0.15) is 12.0 Å². The number of hydrogen-bond donors (Lipinski definition) is 0. The van der Waals surface area contributed by atoms with Crippen LogP contribution in [0.1, 0.15) is 25.2 Å².